The molecule has 1 aromatic carbocycles. The summed E-state index contributed by atoms with van der Waals surface area (Å²) >= 11 is 6.10. The van der Waals surface area contributed by atoms with E-state index in [-0.39, 0.29) is 0 Å². The molecule has 100 valence electrons. The van der Waals surface area contributed by atoms with Crippen molar-refractivity contribution in [2.24, 2.45) is 5.92 Å². The fraction of sp³-hybridized carbons (Fsp3) is 0.625. The van der Waals surface area contributed by atoms with Crippen molar-refractivity contribution in [1.29, 1.82) is 0 Å². The lowest BCUT2D eigenvalue weighted by Crippen LogP contribution is -2.24. The fourth-order valence-corrected chi connectivity index (χ4v) is 3.09. The van der Waals surface area contributed by atoms with Gasteiger partial charge in [-0.15, -0.1) is 0 Å². The van der Waals surface area contributed by atoms with Gasteiger partial charge >= 0.3 is 0 Å². The quantitative estimate of drug-likeness (QED) is 0.731. The number of hydrogen-bond acceptors (Lipinski definition) is 1. The smallest absolute Gasteiger partial charge is 0.0409 e. The minimum Gasteiger partial charge on any atom is -0.296 e. The summed E-state index contributed by atoms with van der Waals surface area (Å²) < 4.78 is 0. The molecule has 0 aromatic heterocycles. The van der Waals surface area contributed by atoms with Crippen LogP contribution in [0.5, 0.6) is 0 Å². The highest BCUT2D eigenvalue weighted by Gasteiger charge is 2.25. The summed E-state index contributed by atoms with van der Waals surface area (Å²) in [7, 11) is 0. The van der Waals surface area contributed by atoms with Crippen molar-refractivity contribution >= 4 is 11.6 Å². The van der Waals surface area contributed by atoms with E-state index in [0.717, 1.165) is 10.9 Å². The summed E-state index contributed by atoms with van der Waals surface area (Å²) in [6, 6.07) is 8.98. The topological polar surface area (TPSA) is 3.24 Å². The molecule has 0 amide bonds. The average Bonchev–Trinajstić information content (AvgIpc) is 2.77. The lowest BCUT2D eigenvalue weighted by molar-refractivity contribution is 0.247. The Morgan fingerprint density at radius 2 is 2.22 bits per heavy atom. The molecule has 0 bridgehead atoms. The minimum atomic E-state index is 0.593. The molecule has 0 saturated carbocycles. The van der Waals surface area contributed by atoms with Gasteiger partial charge in [0.2, 0.25) is 0 Å². The Hall–Kier alpha value is -0.530. The van der Waals surface area contributed by atoms with Crippen LogP contribution in [0.1, 0.15) is 51.1 Å². The molecule has 1 aliphatic rings. The zero-order valence-electron chi connectivity index (χ0n) is 11.5. The van der Waals surface area contributed by atoms with Crippen molar-refractivity contribution in [2.75, 3.05) is 13.1 Å². The summed E-state index contributed by atoms with van der Waals surface area (Å²) in [5.41, 5.74) is 1.39. The molecule has 2 rings (SSSR count). The van der Waals surface area contributed by atoms with Crippen molar-refractivity contribution in [1.82, 2.24) is 4.90 Å². The molecule has 1 heterocycles. The number of benzene rings is 1. The van der Waals surface area contributed by atoms with Gasteiger partial charge in [-0.05, 0) is 62.4 Å². The number of hydrogen-bond donors (Lipinski definition) is 0. The molecule has 1 unspecified atom stereocenters. The van der Waals surface area contributed by atoms with E-state index in [1.165, 1.54) is 44.3 Å². The molecule has 18 heavy (non-hydrogen) atoms. The first-order valence-electron chi connectivity index (χ1n) is 7.16. The molecule has 1 atom stereocenters. The van der Waals surface area contributed by atoms with Crippen molar-refractivity contribution in [3.8, 4) is 0 Å². The SMILES string of the molecule is CC(C)CCCN1CCCC1c1cccc(Cl)c1. The predicted molar refractivity (Wildman–Crippen MR) is 79.1 cm³/mol. The van der Waals surface area contributed by atoms with Crippen LogP contribution in [0.4, 0.5) is 0 Å². The molecule has 0 N–H and O–H groups in total. The van der Waals surface area contributed by atoms with Crippen LogP contribution in [0, 0.1) is 5.92 Å². The molecule has 1 aliphatic heterocycles. The van der Waals surface area contributed by atoms with Gasteiger partial charge in [-0.25, -0.2) is 0 Å². The van der Waals surface area contributed by atoms with E-state index in [4.69, 9.17) is 11.6 Å². The first-order valence-corrected chi connectivity index (χ1v) is 7.54. The zero-order valence-corrected chi connectivity index (χ0v) is 12.3. The van der Waals surface area contributed by atoms with Crippen LogP contribution >= 0.6 is 11.6 Å². The molecular weight excluding hydrogens is 242 g/mol. The fourth-order valence-electron chi connectivity index (χ4n) is 2.89. The Morgan fingerprint density at radius 3 is 2.94 bits per heavy atom. The van der Waals surface area contributed by atoms with Crippen LogP contribution in [0.25, 0.3) is 0 Å². The van der Waals surface area contributed by atoms with Crippen molar-refractivity contribution < 1.29 is 0 Å². The number of rotatable bonds is 5. The van der Waals surface area contributed by atoms with Gasteiger partial charge < -0.3 is 0 Å². The van der Waals surface area contributed by atoms with E-state index in [9.17, 15) is 0 Å². The predicted octanol–water partition coefficient (Wildman–Crippen LogP) is 4.91. The van der Waals surface area contributed by atoms with Crippen molar-refractivity contribution in [2.45, 2.75) is 45.6 Å². The van der Waals surface area contributed by atoms with Crippen LogP contribution in [-0.4, -0.2) is 18.0 Å². The van der Waals surface area contributed by atoms with Crippen molar-refractivity contribution in [3.05, 3.63) is 34.9 Å². The molecule has 0 radical (unpaired) electrons. The maximum atomic E-state index is 6.10. The van der Waals surface area contributed by atoms with Gasteiger partial charge in [-0.2, -0.15) is 0 Å². The minimum absolute atomic E-state index is 0.593. The lowest BCUT2D eigenvalue weighted by atomic mass is 10.0. The molecule has 1 fully saturated rings. The van der Waals surface area contributed by atoms with E-state index in [2.05, 4.69) is 36.9 Å². The molecule has 0 aliphatic carbocycles. The van der Waals surface area contributed by atoms with Gasteiger partial charge in [0.05, 0.1) is 0 Å². The molecule has 1 saturated heterocycles. The maximum absolute atomic E-state index is 6.10. The first kappa shape index (κ1) is 13.9. The average molecular weight is 266 g/mol. The van der Waals surface area contributed by atoms with Crippen LogP contribution in [0.15, 0.2) is 24.3 Å². The van der Waals surface area contributed by atoms with Gasteiger partial charge in [0, 0.05) is 11.1 Å². The second-order valence-corrected chi connectivity index (χ2v) is 6.22. The third kappa shape index (κ3) is 3.73. The number of halogens is 1. The van der Waals surface area contributed by atoms with Gasteiger partial charge in [-0.1, -0.05) is 37.6 Å². The van der Waals surface area contributed by atoms with E-state index in [1.807, 2.05) is 6.07 Å². The van der Waals surface area contributed by atoms with E-state index >= 15 is 0 Å². The number of likely N-dealkylation sites (tertiary alicyclic amines) is 1. The Kier molecular flexibility index (Phi) is 5.08. The molecule has 1 aromatic rings. The summed E-state index contributed by atoms with van der Waals surface area (Å²) in [4.78, 5) is 2.63. The summed E-state index contributed by atoms with van der Waals surface area (Å²) in [5, 5.41) is 0.863. The third-order valence-corrected chi connectivity index (χ3v) is 4.06. The highest BCUT2D eigenvalue weighted by atomic mass is 35.5. The van der Waals surface area contributed by atoms with Gasteiger partial charge in [0.25, 0.3) is 0 Å². The monoisotopic (exact) mass is 265 g/mol. The maximum Gasteiger partial charge on any atom is 0.0409 e. The van der Waals surface area contributed by atoms with E-state index in [1.54, 1.807) is 0 Å². The van der Waals surface area contributed by atoms with E-state index < -0.39 is 0 Å². The molecular formula is C16H24ClN. The van der Waals surface area contributed by atoms with Crippen LogP contribution in [0.2, 0.25) is 5.02 Å². The molecule has 1 nitrogen and oxygen atoms in total. The largest absolute Gasteiger partial charge is 0.296 e. The van der Waals surface area contributed by atoms with Crippen LogP contribution in [0.3, 0.4) is 0 Å². The van der Waals surface area contributed by atoms with Gasteiger partial charge in [-0.3, -0.25) is 4.90 Å². The second-order valence-electron chi connectivity index (χ2n) is 5.79. The summed E-state index contributed by atoms with van der Waals surface area (Å²) in [6.45, 7) is 7.08. The highest BCUT2D eigenvalue weighted by molar-refractivity contribution is 6.30. The Labute approximate surface area is 116 Å². The second kappa shape index (κ2) is 6.58. The normalized spacial score (nSPS) is 20.8. The van der Waals surface area contributed by atoms with Gasteiger partial charge in [0.15, 0.2) is 0 Å². The Balaban J connectivity index is 1.95. The van der Waals surface area contributed by atoms with E-state index in [0.29, 0.717) is 6.04 Å². The third-order valence-electron chi connectivity index (χ3n) is 3.82. The molecule has 2 heteroatoms. The summed E-state index contributed by atoms with van der Waals surface area (Å²) in [5.74, 6) is 0.817. The number of nitrogens with zero attached hydrogens (tertiary/aromatic N) is 1. The zero-order chi connectivity index (χ0) is 13.0. The lowest BCUT2D eigenvalue weighted by Gasteiger charge is -2.25. The highest BCUT2D eigenvalue weighted by Crippen LogP contribution is 2.33. The van der Waals surface area contributed by atoms with Gasteiger partial charge in [0.1, 0.15) is 0 Å². The first-order chi connectivity index (χ1) is 8.66. The van der Waals surface area contributed by atoms with Crippen LogP contribution < -0.4 is 0 Å². The standard InChI is InChI=1S/C16H24ClN/c1-13(2)6-4-10-18-11-5-9-16(18)14-7-3-8-15(17)12-14/h3,7-8,12-13,16H,4-6,9-11H2,1-2H3. The Morgan fingerprint density at radius 1 is 1.39 bits per heavy atom. The summed E-state index contributed by atoms with van der Waals surface area (Å²) in [6.07, 6.45) is 5.24. The molecule has 0 spiro atoms. The van der Waals surface area contributed by atoms with Crippen molar-refractivity contribution in [3.63, 3.8) is 0 Å². The Bertz CT molecular complexity index is 375. The van der Waals surface area contributed by atoms with Crippen LogP contribution in [-0.2, 0) is 0 Å².